The fraction of sp³-hybridized carbons (Fsp3) is 0.150. The van der Waals surface area contributed by atoms with E-state index < -0.39 is 11.5 Å². The Kier molecular flexibility index (Phi) is 4.62. The van der Waals surface area contributed by atoms with E-state index in [-0.39, 0.29) is 5.82 Å². The van der Waals surface area contributed by atoms with Crippen LogP contribution in [0.3, 0.4) is 0 Å². The number of aliphatic hydroxyl groups is 1. The Labute approximate surface area is 160 Å². The van der Waals surface area contributed by atoms with Gasteiger partial charge in [-0.2, -0.15) is 0 Å². The van der Waals surface area contributed by atoms with E-state index in [4.69, 9.17) is 0 Å². The zero-order valence-corrected chi connectivity index (χ0v) is 15.0. The summed E-state index contributed by atoms with van der Waals surface area (Å²) in [5.74, 6) is -0.687. The van der Waals surface area contributed by atoms with Crippen LogP contribution < -0.4 is 0 Å². The Morgan fingerprint density at radius 2 is 1.57 bits per heavy atom. The minimum absolute atomic E-state index is 0.370. The summed E-state index contributed by atoms with van der Waals surface area (Å²) in [7, 11) is 1.69. The first-order chi connectivity index (χ1) is 13.6. The molecule has 0 aliphatic carbocycles. The molecule has 1 atom stereocenters. The number of hydrogen-bond acceptors (Lipinski definition) is 6. The lowest BCUT2D eigenvalue weighted by Crippen LogP contribution is -2.37. The number of rotatable bonds is 5. The molecular formula is C20H17FN6O. The second-order valence-corrected chi connectivity index (χ2v) is 6.40. The Morgan fingerprint density at radius 3 is 2.04 bits per heavy atom. The maximum atomic E-state index is 13.6. The van der Waals surface area contributed by atoms with Crippen LogP contribution in [0.2, 0.25) is 0 Å². The van der Waals surface area contributed by atoms with E-state index in [0.717, 1.165) is 0 Å². The third kappa shape index (κ3) is 3.03. The van der Waals surface area contributed by atoms with Crippen LogP contribution in [-0.2, 0) is 12.6 Å². The van der Waals surface area contributed by atoms with Crippen LogP contribution in [0.4, 0.5) is 4.39 Å². The molecule has 0 spiro atoms. The normalized spacial score (nSPS) is 12.7. The average Bonchev–Trinajstić information content (AvgIpc) is 3.16. The maximum Gasteiger partial charge on any atom is 0.161 e. The summed E-state index contributed by atoms with van der Waals surface area (Å²) in [6, 6.07) is 13.0. The summed E-state index contributed by atoms with van der Waals surface area (Å²) in [6.45, 7) is 0. The first-order valence-electron chi connectivity index (χ1n) is 8.62. The summed E-state index contributed by atoms with van der Waals surface area (Å²) in [4.78, 5) is 8.34. The molecule has 0 aliphatic rings. The van der Waals surface area contributed by atoms with Crippen LogP contribution in [0.1, 0.15) is 28.4 Å². The Hall–Kier alpha value is -3.52. The fourth-order valence-electron chi connectivity index (χ4n) is 3.39. The van der Waals surface area contributed by atoms with Gasteiger partial charge in [-0.3, -0.25) is 9.97 Å². The molecule has 1 aromatic carbocycles. The van der Waals surface area contributed by atoms with Crippen LogP contribution in [0.15, 0.2) is 73.3 Å². The summed E-state index contributed by atoms with van der Waals surface area (Å²) in [6.07, 6.45) is 6.44. The van der Waals surface area contributed by atoms with Gasteiger partial charge in [0, 0.05) is 43.0 Å². The molecule has 0 radical (unpaired) electrons. The van der Waals surface area contributed by atoms with Gasteiger partial charge in [-0.1, -0.05) is 24.3 Å². The summed E-state index contributed by atoms with van der Waals surface area (Å²) in [5.41, 5.74) is 0.137. The highest BCUT2D eigenvalue weighted by atomic mass is 19.1. The van der Waals surface area contributed by atoms with Crippen molar-refractivity contribution in [1.29, 1.82) is 0 Å². The molecule has 8 heteroatoms. The standard InChI is InChI=1S/C20H17FN6O/c1-27-19(24-25-26-27)18(14-6-8-17(21)9-7-14)20(28,15-4-2-10-22-12-15)16-5-3-11-23-13-16/h2-13,18,28H,1H3. The molecule has 7 nitrogen and oxygen atoms in total. The molecule has 28 heavy (non-hydrogen) atoms. The van der Waals surface area contributed by atoms with Gasteiger partial charge >= 0.3 is 0 Å². The molecule has 0 aliphatic heterocycles. The highest BCUT2D eigenvalue weighted by Gasteiger charge is 2.45. The maximum absolute atomic E-state index is 13.6. The number of aryl methyl sites for hydroxylation is 1. The van der Waals surface area contributed by atoms with Crippen molar-refractivity contribution in [3.8, 4) is 0 Å². The number of nitrogens with zero attached hydrogens (tertiary/aromatic N) is 6. The highest BCUT2D eigenvalue weighted by Crippen LogP contribution is 2.45. The van der Waals surface area contributed by atoms with Gasteiger partial charge in [0.1, 0.15) is 11.4 Å². The van der Waals surface area contributed by atoms with Crippen molar-refractivity contribution in [2.45, 2.75) is 11.5 Å². The predicted octanol–water partition coefficient (Wildman–Crippen LogP) is 2.21. The zero-order valence-electron chi connectivity index (χ0n) is 15.0. The molecule has 1 N–H and O–H groups in total. The fourth-order valence-corrected chi connectivity index (χ4v) is 3.39. The summed E-state index contributed by atoms with van der Waals surface area (Å²) < 4.78 is 15.1. The number of benzene rings is 1. The van der Waals surface area contributed by atoms with Crippen molar-refractivity contribution in [2.24, 2.45) is 7.05 Å². The lowest BCUT2D eigenvalue weighted by Gasteiger charge is -2.36. The number of halogens is 1. The molecule has 4 rings (SSSR count). The van der Waals surface area contributed by atoms with Crippen LogP contribution in [0, 0.1) is 5.82 Å². The second-order valence-electron chi connectivity index (χ2n) is 6.40. The summed E-state index contributed by atoms with van der Waals surface area (Å²) >= 11 is 0. The molecular weight excluding hydrogens is 359 g/mol. The first-order valence-corrected chi connectivity index (χ1v) is 8.62. The van der Waals surface area contributed by atoms with E-state index in [1.54, 1.807) is 68.2 Å². The van der Waals surface area contributed by atoms with Gasteiger partial charge < -0.3 is 5.11 Å². The van der Waals surface area contributed by atoms with Crippen molar-refractivity contribution in [3.63, 3.8) is 0 Å². The minimum Gasteiger partial charge on any atom is -0.379 e. The van der Waals surface area contributed by atoms with Gasteiger partial charge in [-0.25, -0.2) is 9.07 Å². The highest BCUT2D eigenvalue weighted by molar-refractivity contribution is 5.43. The van der Waals surface area contributed by atoms with Gasteiger partial charge in [0.05, 0.1) is 5.92 Å². The molecule has 140 valence electrons. The van der Waals surface area contributed by atoms with Gasteiger partial charge in [-0.15, -0.1) is 5.10 Å². The van der Waals surface area contributed by atoms with Crippen LogP contribution in [0.25, 0.3) is 0 Å². The quantitative estimate of drug-likeness (QED) is 0.574. The Morgan fingerprint density at radius 1 is 0.964 bits per heavy atom. The molecule has 4 aromatic rings. The monoisotopic (exact) mass is 376 g/mol. The van der Waals surface area contributed by atoms with Crippen molar-refractivity contribution in [2.75, 3.05) is 0 Å². The SMILES string of the molecule is Cn1nnnc1C(c1ccc(F)cc1)C(O)(c1cccnc1)c1cccnc1. The van der Waals surface area contributed by atoms with Crippen molar-refractivity contribution in [3.05, 3.63) is 102 Å². The number of pyridine rings is 2. The second kappa shape index (κ2) is 7.24. The Bertz CT molecular complexity index is 1010. The van der Waals surface area contributed by atoms with E-state index in [1.165, 1.54) is 16.8 Å². The van der Waals surface area contributed by atoms with Gasteiger partial charge in [0.2, 0.25) is 0 Å². The topological polar surface area (TPSA) is 89.6 Å². The zero-order chi connectivity index (χ0) is 19.6. The van der Waals surface area contributed by atoms with E-state index in [1.807, 2.05) is 0 Å². The number of tetrazole rings is 1. The first kappa shape index (κ1) is 17.9. The smallest absolute Gasteiger partial charge is 0.161 e. The largest absolute Gasteiger partial charge is 0.379 e. The van der Waals surface area contributed by atoms with Gasteiger partial charge in [0.25, 0.3) is 0 Å². The third-order valence-electron chi connectivity index (χ3n) is 4.74. The van der Waals surface area contributed by atoms with Crippen molar-refractivity contribution >= 4 is 0 Å². The van der Waals surface area contributed by atoms with E-state index in [9.17, 15) is 9.50 Å². The number of aromatic nitrogens is 6. The van der Waals surface area contributed by atoms with Gasteiger partial charge in [0.15, 0.2) is 5.82 Å². The van der Waals surface area contributed by atoms with Crippen LogP contribution in [0.5, 0.6) is 0 Å². The van der Waals surface area contributed by atoms with Crippen molar-refractivity contribution < 1.29 is 9.50 Å². The number of hydrogen-bond donors (Lipinski definition) is 1. The molecule has 3 heterocycles. The molecule has 0 saturated heterocycles. The average molecular weight is 376 g/mol. The molecule has 0 saturated carbocycles. The molecule has 3 aromatic heterocycles. The third-order valence-corrected chi connectivity index (χ3v) is 4.74. The van der Waals surface area contributed by atoms with Crippen molar-refractivity contribution in [1.82, 2.24) is 30.2 Å². The molecule has 0 fully saturated rings. The van der Waals surface area contributed by atoms with E-state index in [2.05, 4.69) is 25.5 Å². The van der Waals surface area contributed by atoms with Crippen LogP contribution >= 0.6 is 0 Å². The lowest BCUT2D eigenvalue weighted by molar-refractivity contribution is 0.0578. The summed E-state index contributed by atoms with van der Waals surface area (Å²) in [5, 5.41) is 23.9. The Balaban J connectivity index is 2.02. The molecule has 0 bridgehead atoms. The molecule has 1 unspecified atom stereocenters. The molecule has 0 amide bonds. The minimum atomic E-state index is -1.59. The van der Waals surface area contributed by atoms with E-state index >= 15 is 0 Å². The predicted molar refractivity (Wildman–Crippen MR) is 98.5 cm³/mol. The van der Waals surface area contributed by atoms with Crippen LogP contribution in [-0.4, -0.2) is 35.3 Å². The van der Waals surface area contributed by atoms with Gasteiger partial charge in [-0.05, 0) is 40.3 Å². The van der Waals surface area contributed by atoms with E-state index in [0.29, 0.717) is 22.5 Å². The lowest BCUT2D eigenvalue weighted by atomic mass is 9.73.